The predicted octanol–water partition coefficient (Wildman–Crippen LogP) is 2.91. The molecule has 0 aliphatic carbocycles. The van der Waals surface area contributed by atoms with E-state index in [2.05, 4.69) is 5.10 Å². The highest BCUT2D eigenvalue weighted by Crippen LogP contribution is 2.26. The van der Waals surface area contributed by atoms with Crippen LogP contribution in [0.1, 0.15) is 34.8 Å². The van der Waals surface area contributed by atoms with Gasteiger partial charge in [0.2, 0.25) is 0 Å². The van der Waals surface area contributed by atoms with E-state index in [1.54, 1.807) is 19.2 Å². The predicted molar refractivity (Wildman–Crippen MR) is 78.4 cm³/mol. The number of aryl methyl sites for hydroxylation is 1. The van der Waals surface area contributed by atoms with Crippen LogP contribution in [0.2, 0.25) is 0 Å². The van der Waals surface area contributed by atoms with Crippen LogP contribution in [0.3, 0.4) is 0 Å². The molecule has 21 heavy (non-hydrogen) atoms. The first-order valence-electron chi connectivity index (χ1n) is 7.11. The Labute approximate surface area is 123 Å². The number of benzene rings is 1. The van der Waals surface area contributed by atoms with Crippen LogP contribution < -0.4 is 0 Å². The van der Waals surface area contributed by atoms with Crippen molar-refractivity contribution >= 4 is 5.97 Å². The number of carboxylic acids is 1. The van der Waals surface area contributed by atoms with Crippen molar-refractivity contribution in [3.05, 3.63) is 41.7 Å². The van der Waals surface area contributed by atoms with Gasteiger partial charge in [0.25, 0.3) is 0 Å². The molecule has 3 rings (SSSR count). The number of rotatable bonds is 3. The largest absolute Gasteiger partial charge is 0.478 e. The molecule has 1 aliphatic rings. The van der Waals surface area contributed by atoms with Crippen molar-refractivity contribution < 1.29 is 14.6 Å². The van der Waals surface area contributed by atoms with Gasteiger partial charge < -0.3 is 9.84 Å². The highest BCUT2D eigenvalue weighted by molar-refractivity contribution is 5.91. The van der Waals surface area contributed by atoms with E-state index >= 15 is 0 Å². The quantitative estimate of drug-likeness (QED) is 0.942. The van der Waals surface area contributed by atoms with E-state index in [-0.39, 0.29) is 0 Å². The maximum Gasteiger partial charge on any atom is 0.335 e. The Balaban J connectivity index is 1.89. The lowest BCUT2D eigenvalue weighted by Gasteiger charge is -2.22. The van der Waals surface area contributed by atoms with Gasteiger partial charge in [-0.25, -0.2) is 4.79 Å². The summed E-state index contributed by atoms with van der Waals surface area (Å²) in [5.74, 6) is -0.897. The lowest BCUT2D eigenvalue weighted by molar-refractivity contribution is 0.0662. The highest BCUT2D eigenvalue weighted by atomic mass is 16.5. The molecule has 0 unspecified atom stereocenters. The average Bonchev–Trinajstić information content (AvgIpc) is 2.98. The van der Waals surface area contributed by atoms with Gasteiger partial charge in [0, 0.05) is 25.0 Å². The summed E-state index contributed by atoms with van der Waals surface area (Å²) in [5.41, 5.74) is 2.94. The molecule has 5 heteroatoms. The van der Waals surface area contributed by atoms with Crippen LogP contribution in [0.4, 0.5) is 0 Å². The molecule has 1 saturated heterocycles. The van der Waals surface area contributed by atoms with Crippen LogP contribution in [-0.4, -0.2) is 34.1 Å². The van der Waals surface area contributed by atoms with Crippen molar-refractivity contribution in [3.8, 4) is 11.1 Å². The van der Waals surface area contributed by atoms with E-state index in [1.807, 2.05) is 23.0 Å². The second-order valence-corrected chi connectivity index (χ2v) is 5.39. The molecule has 1 aromatic carbocycles. The van der Waals surface area contributed by atoms with Gasteiger partial charge >= 0.3 is 5.97 Å². The SMILES string of the molecule is Cc1ccc(-c2cnn(C3CCOCC3)c2)cc1C(=O)O. The Morgan fingerprint density at radius 1 is 1.33 bits per heavy atom. The molecular formula is C16H18N2O3. The number of aromatic carboxylic acids is 1. The molecule has 0 bridgehead atoms. The molecule has 0 radical (unpaired) electrons. The topological polar surface area (TPSA) is 64.4 Å². The van der Waals surface area contributed by atoms with Gasteiger partial charge in [-0.1, -0.05) is 12.1 Å². The monoisotopic (exact) mass is 286 g/mol. The molecule has 5 nitrogen and oxygen atoms in total. The minimum Gasteiger partial charge on any atom is -0.478 e. The fraction of sp³-hybridized carbons (Fsp3) is 0.375. The summed E-state index contributed by atoms with van der Waals surface area (Å²) in [4.78, 5) is 11.2. The first kappa shape index (κ1) is 13.8. The Morgan fingerprint density at radius 3 is 2.81 bits per heavy atom. The lowest BCUT2D eigenvalue weighted by Crippen LogP contribution is -2.19. The molecule has 1 aromatic heterocycles. The van der Waals surface area contributed by atoms with Gasteiger partial charge in [0.15, 0.2) is 0 Å². The summed E-state index contributed by atoms with van der Waals surface area (Å²) in [5, 5.41) is 13.6. The zero-order chi connectivity index (χ0) is 14.8. The molecule has 2 heterocycles. The zero-order valence-corrected chi connectivity index (χ0v) is 12.0. The van der Waals surface area contributed by atoms with Crippen LogP contribution in [0.15, 0.2) is 30.6 Å². The van der Waals surface area contributed by atoms with Crippen molar-refractivity contribution in [2.45, 2.75) is 25.8 Å². The molecule has 1 N–H and O–H groups in total. The zero-order valence-electron chi connectivity index (χ0n) is 12.0. The maximum absolute atomic E-state index is 11.2. The Morgan fingerprint density at radius 2 is 2.10 bits per heavy atom. The van der Waals surface area contributed by atoms with Gasteiger partial charge in [0.05, 0.1) is 17.8 Å². The summed E-state index contributed by atoms with van der Waals surface area (Å²) in [6.07, 6.45) is 5.73. The van der Waals surface area contributed by atoms with Crippen LogP contribution in [0.5, 0.6) is 0 Å². The molecule has 0 amide bonds. The van der Waals surface area contributed by atoms with E-state index in [1.165, 1.54) is 0 Å². The molecule has 0 saturated carbocycles. The number of nitrogens with zero attached hydrogens (tertiary/aromatic N) is 2. The third kappa shape index (κ3) is 2.83. The number of aromatic nitrogens is 2. The van der Waals surface area contributed by atoms with Crippen LogP contribution in [-0.2, 0) is 4.74 Å². The van der Waals surface area contributed by atoms with Gasteiger partial charge in [-0.3, -0.25) is 4.68 Å². The summed E-state index contributed by atoms with van der Waals surface area (Å²) in [6.45, 7) is 3.35. The fourth-order valence-corrected chi connectivity index (χ4v) is 2.67. The van der Waals surface area contributed by atoms with Crippen molar-refractivity contribution in [2.75, 3.05) is 13.2 Å². The number of ether oxygens (including phenoxy) is 1. The van der Waals surface area contributed by atoms with Gasteiger partial charge in [-0.05, 0) is 37.0 Å². The smallest absolute Gasteiger partial charge is 0.335 e. The first-order valence-corrected chi connectivity index (χ1v) is 7.11. The molecule has 2 aromatic rings. The van der Waals surface area contributed by atoms with E-state index in [4.69, 9.17) is 4.74 Å². The van der Waals surface area contributed by atoms with Crippen LogP contribution in [0.25, 0.3) is 11.1 Å². The number of hydrogen-bond acceptors (Lipinski definition) is 3. The lowest BCUT2D eigenvalue weighted by atomic mass is 10.0. The summed E-state index contributed by atoms with van der Waals surface area (Å²) in [6, 6.07) is 5.86. The second-order valence-electron chi connectivity index (χ2n) is 5.39. The third-order valence-electron chi connectivity index (χ3n) is 3.97. The minimum atomic E-state index is -0.897. The van der Waals surface area contributed by atoms with Gasteiger partial charge in [-0.2, -0.15) is 5.10 Å². The van der Waals surface area contributed by atoms with E-state index in [0.717, 1.165) is 42.7 Å². The van der Waals surface area contributed by atoms with Crippen molar-refractivity contribution in [3.63, 3.8) is 0 Å². The minimum absolute atomic E-state index is 0.339. The van der Waals surface area contributed by atoms with Crippen LogP contribution >= 0.6 is 0 Å². The Bertz CT molecular complexity index is 657. The van der Waals surface area contributed by atoms with Crippen molar-refractivity contribution in [1.29, 1.82) is 0 Å². The fourth-order valence-electron chi connectivity index (χ4n) is 2.67. The third-order valence-corrected chi connectivity index (χ3v) is 3.97. The summed E-state index contributed by atoms with van der Waals surface area (Å²) in [7, 11) is 0. The maximum atomic E-state index is 11.2. The second kappa shape index (κ2) is 5.69. The number of carboxylic acid groups (broad SMARTS) is 1. The van der Waals surface area contributed by atoms with Crippen molar-refractivity contribution in [1.82, 2.24) is 9.78 Å². The van der Waals surface area contributed by atoms with Gasteiger partial charge in [-0.15, -0.1) is 0 Å². The molecule has 110 valence electrons. The van der Waals surface area contributed by atoms with Crippen molar-refractivity contribution in [2.24, 2.45) is 0 Å². The first-order chi connectivity index (χ1) is 10.1. The highest BCUT2D eigenvalue weighted by Gasteiger charge is 2.17. The molecular weight excluding hydrogens is 268 g/mol. The van der Waals surface area contributed by atoms with Gasteiger partial charge in [0.1, 0.15) is 0 Å². The molecule has 1 fully saturated rings. The molecule has 1 aliphatic heterocycles. The van der Waals surface area contributed by atoms with E-state index in [9.17, 15) is 9.90 Å². The number of hydrogen-bond donors (Lipinski definition) is 1. The Kier molecular flexibility index (Phi) is 3.75. The normalized spacial score (nSPS) is 16.0. The summed E-state index contributed by atoms with van der Waals surface area (Å²) < 4.78 is 7.33. The van der Waals surface area contributed by atoms with E-state index < -0.39 is 5.97 Å². The average molecular weight is 286 g/mol. The molecule has 0 atom stereocenters. The number of carbonyl (C=O) groups is 1. The Hall–Kier alpha value is -2.14. The summed E-state index contributed by atoms with van der Waals surface area (Å²) >= 11 is 0. The molecule has 0 spiro atoms. The standard InChI is InChI=1S/C16H18N2O3/c1-11-2-3-12(8-15(11)16(19)20)13-9-17-18(10-13)14-4-6-21-7-5-14/h2-3,8-10,14H,4-7H2,1H3,(H,19,20). The van der Waals surface area contributed by atoms with E-state index in [0.29, 0.717) is 11.6 Å². The van der Waals surface area contributed by atoms with Crippen LogP contribution in [0, 0.1) is 6.92 Å².